The lowest BCUT2D eigenvalue weighted by Crippen LogP contribution is -2.05. The molecule has 17 heavy (non-hydrogen) atoms. The SMILES string of the molecule is ClCCn1nc(-c2cccnc2)c2c1CCC2. The van der Waals surface area contributed by atoms with Gasteiger partial charge in [-0.05, 0) is 31.4 Å². The molecule has 0 atom stereocenters. The maximum Gasteiger partial charge on any atom is 0.0973 e. The van der Waals surface area contributed by atoms with Crippen LogP contribution in [-0.2, 0) is 19.4 Å². The number of hydrogen-bond donors (Lipinski definition) is 0. The molecular weight excluding hydrogens is 234 g/mol. The summed E-state index contributed by atoms with van der Waals surface area (Å²) < 4.78 is 2.07. The summed E-state index contributed by atoms with van der Waals surface area (Å²) >= 11 is 5.82. The Morgan fingerprint density at radius 3 is 3.06 bits per heavy atom. The van der Waals surface area contributed by atoms with Crippen LogP contribution in [0.25, 0.3) is 11.3 Å². The lowest BCUT2D eigenvalue weighted by molar-refractivity contribution is 0.627. The monoisotopic (exact) mass is 247 g/mol. The van der Waals surface area contributed by atoms with Crippen LogP contribution in [0, 0.1) is 0 Å². The molecule has 0 saturated carbocycles. The van der Waals surface area contributed by atoms with Crippen LogP contribution in [0.2, 0.25) is 0 Å². The van der Waals surface area contributed by atoms with Crippen LogP contribution >= 0.6 is 11.6 Å². The lowest BCUT2D eigenvalue weighted by atomic mass is 10.1. The van der Waals surface area contributed by atoms with Gasteiger partial charge in [-0.3, -0.25) is 9.67 Å². The Labute approximate surface area is 105 Å². The first-order chi connectivity index (χ1) is 8.40. The second-order valence-corrected chi connectivity index (χ2v) is 4.66. The zero-order valence-electron chi connectivity index (χ0n) is 9.56. The van der Waals surface area contributed by atoms with E-state index in [1.165, 1.54) is 17.7 Å². The fraction of sp³-hybridized carbons (Fsp3) is 0.385. The molecule has 4 heteroatoms. The van der Waals surface area contributed by atoms with Gasteiger partial charge in [0.05, 0.1) is 12.2 Å². The number of hydrogen-bond acceptors (Lipinski definition) is 2. The van der Waals surface area contributed by atoms with Gasteiger partial charge in [-0.15, -0.1) is 11.6 Å². The molecule has 0 unspecified atom stereocenters. The van der Waals surface area contributed by atoms with Crippen LogP contribution in [-0.4, -0.2) is 20.6 Å². The first-order valence-electron chi connectivity index (χ1n) is 5.95. The number of halogens is 1. The van der Waals surface area contributed by atoms with Crippen molar-refractivity contribution >= 4 is 11.6 Å². The molecule has 2 aromatic heterocycles. The quantitative estimate of drug-likeness (QED) is 0.781. The van der Waals surface area contributed by atoms with Crippen molar-refractivity contribution in [3.05, 3.63) is 35.8 Å². The van der Waals surface area contributed by atoms with Crippen LogP contribution in [0.15, 0.2) is 24.5 Å². The number of aromatic nitrogens is 3. The molecule has 2 aromatic rings. The lowest BCUT2D eigenvalue weighted by Gasteiger charge is -2.01. The van der Waals surface area contributed by atoms with Crippen molar-refractivity contribution in [2.45, 2.75) is 25.8 Å². The third-order valence-electron chi connectivity index (χ3n) is 3.24. The number of rotatable bonds is 3. The van der Waals surface area contributed by atoms with Gasteiger partial charge < -0.3 is 0 Å². The van der Waals surface area contributed by atoms with Gasteiger partial charge in [0.25, 0.3) is 0 Å². The minimum atomic E-state index is 0.612. The molecule has 3 rings (SSSR count). The van der Waals surface area contributed by atoms with Crippen LogP contribution in [0.1, 0.15) is 17.7 Å². The molecule has 0 aromatic carbocycles. The summed E-state index contributed by atoms with van der Waals surface area (Å²) in [6, 6.07) is 4.02. The highest BCUT2D eigenvalue weighted by Crippen LogP contribution is 2.31. The summed E-state index contributed by atoms with van der Waals surface area (Å²) in [6.45, 7) is 0.796. The largest absolute Gasteiger partial charge is 0.267 e. The third-order valence-corrected chi connectivity index (χ3v) is 3.41. The minimum Gasteiger partial charge on any atom is -0.267 e. The van der Waals surface area contributed by atoms with Gasteiger partial charge in [0.1, 0.15) is 0 Å². The van der Waals surface area contributed by atoms with E-state index in [2.05, 4.69) is 20.8 Å². The molecule has 88 valence electrons. The summed E-state index contributed by atoms with van der Waals surface area (Å²) in [5, 5.41) is 4.68. The normalized spacial score (nSPS) is 13.9. The van der Waals surface area contributed by atoms with Gasteiger partial charge in [0.2, 0.25) is 0 Å². The maximum atomic E-state index is 5.82. The van der Waals surface area contributed by atoms with Crippen molar-refractivity contribution in [1.29, 1.82) is 0 Å². The number of pyridine rings is 1. The molecule has 0 bridgehead atoms. The predicted molar refractivity (Wildman–Crippen MR) is 68.2 cm³/mol. The Hall–Kier alpha value is -1.35. The first-order valence-corrected chi connectivity index (χ1v) is 6.48. The number of nitrogens with zero attached hydrogens (tertiary/aromatic N) is 3. The zero-order valence-corrected chi connectivity index (χ0v) is 10.3. The molecule has 0 aliphatic heterocycles. The van der Waals surface area contributed by atoms with Gasteiger partial charge in [0, 0.05) is 35.1 Å². The van der Waals surface area contributed by atoms with E-state index in [4.69, 9.17) is 11.6 Å². The van der Waals surface area contributed by atoms with E-state index in [0.717, 1.165) is 30.6 Å². The van der Waals surface area contributed by atoms with E-state index < -0.39 is 0 Å². The Morgan fingerprint density at radius 2 is 2.29 bits per heavy atom. The van der Waals surface area contributed by atoms with Crippen molar-refractivity contribution in [3.8, 4) is 11.3 Å². The Kier molecular flexibility index (Phi) is 2.85. The van der Waals surface area contributed by atoms with E-state index in [9.17, 15) is 0 Å². The average molecular weight is 248 g/mol. The molecule has 1 aliphatic carbocycles. The Morgan fingerprint density at radius 1 is 1.35 bits per heavy atom. The molecule has 0 saturated heterocycles. The van der Waals surface area contributed by atoms with Crippen molar-refractivity contribution in [2.75, 3.05) is 5.88 Å². The van der Waals surface area contributed by atoms with Gasteiger partial charge in [-0.2, -0.15) is 5.10 Å². The number of fused-ring (bicyclic) bond motifs is 1. The Bertz CT molecular complexity index is 519. The van der Waals surface area contributed by atoms with Crippen molar-refractivity contribution in [1.82, 2.24) is 14.8 Å². The van der Waals surface area contributed by atoms with E-state index in [1.54, 1.807) is 6.20 Å². The van der Waals surface area contributed by atoms with E-state index in [0.29, 0.717) is 5.88 Å². The van der Waals surface area contributed by atoms with Gasteiger partial charge in [0.15, 0.2) is 0 Å². The van der Waals surface area contributed by atoms with Crippen LogP contribution in [0.4, 0.5) is 0 Å². The molecule has 0 fully saturated rings. The topological polar surface area (TPSA) is 30.7 Å². The predicted octanol–water partition coefficient (Wildman–Crippen LogP) is 2.67. The summed E-state index contributed by atoms with van der Waals surface area (Å²) in [4.78, 5) is 4.17. The maximum absolute atomic E-state index is 5.82. The summed E-state index contributed by atoms with van der Waals surface area (Å²) in [6.07, 6.45) is 7.15. The highest BCUT2D eigenvalue weighted by Gasteiger charge is 2.22. The molecule has 0 radical (unpaired) electrons. The first kappa shape index (κ1) is 10.8. The van der Waals surface area contributed by atoms with Gasteiger partial charge in [-0.25, -0.2) is 0 Å². The second kappa shape index (κ2) is 4.49. The van der Waals surface area contributed by atoms with Crippen molar-refractivity contribution in [2.24, 2.45) is 0 Å². The van der Waals surface area contributed by atoms with E-state index in [-0.39, 0.29) is 0 Å². The average Bonchev–Trinajstić information content (AvgIpc) is 2.94. The van der Waals surface area contributed by atoms with Crippen LogP contribution in [0.5, 0.6) is 0 Å². The molecule has 1 aliphatic rings. The van der Waals surface area contributed by atoms with Gasteiger partial charge >= 0.3 is 0 Å². The van der Waals surface area contributed by atoms with Crippen molar-refractivity contribution < 1.29 is 0 Å². The third kappa shape index (κ3) is 1.84. The van der Waals surface area contributed by atoms with E-state index in [1.807, 2.05) is 12.3 Å². The molecule has 3 nitrogen and oxygen atoms in total. The highest BCUT2D eigenvalue weighted by molar-refractivity contribution is 6.17. The molecule has 0 amide bonds. The molecule has 2 heterocycles. The van der Waals surface area contributed by atoms with Gasteiger partial charge in [-0.1, -0.05) is 0 Å². The molecule has 0 spiro atoms. The Balaban J connectivity index is 2.09. The fourth-order valence-corrected chi connectivity index (χ4v) is 2.67. The van der Waals surface area contributed by atoms with Crippen LogP contribution in [0.3, 0.4) is 0 Å². The highest BCUT2D eigenvalue weighted by atomic mass is 35.5. The summed E-state index contributed by atoms with van der Waals surface area (Å²) in [5.41, 5.74) is 4.96. The summed E-state index contributed by atoms with van der Waals surface area (Å²) in [7, 11) is 0. The zero-order chi connectivity index (χ0) is 11.7. The number of aryl methyl sites for hydroxylation is 1. The van der Waals surface area contributed by atoms with E-state index >= 15 is 0 Å². The molecule has 0 N–H and O–H groups in total. The fourth-order valence-electron chi connectivity index (χ4n) is 2.51. The van der Waals surface area contributed by atoms with Crippen molar-refractivity contribution in [3.63, 3.8) is 0 Å². The second-order valence-electron chi connectivity index (χ2n) is 4.28. The smallest absolute Gasteiger partial charge is 0.0973 e. The summed E-state index contributed by atoms with van der Waals surface area (Å²) in [5.74, 6) is 0.612. The van der Waals surface area contributed by atoms with Crippen LogP contribution < -0.4 is 0 Å². The molecular formula is C13H14ClN3. The minimum absolute atomic E-state index is 0.612. The standard InChI is InChI=1S/C13H14ClN3/c14-6-8-17-12-5-1-4-11(12)13(16-17)10-3-2-7-15-9-10/h2-3,7,9H,1,4-6,8H2. The number of alkyl halides is 1.